The average Bonchev–Trinajstić information content (AvgIpc) is 3.12. The molecule has 1 N–H and O–H groups in total. The minimum atomic E-state index is -0.192. The number of amides is 1. The quantitative estimate of drug-likeness (QED) is 0.629. The van der Waals surface area contributed by atoms with Crippen LogP contribution in [0.2, 0.25) is 0 Å². The van der Waals surface area contributed by atoms with Crippen molar-refractivity contribution in [3.63, 3.8) is 0 Å². The number of thiazole rings is 1. The Morgan fingerprint density at radius 3 is 2.64 bits per heavy atom. The van der Waals surface area contributed by atoms with E-state index in [2.05, 4.69) is 22.2 Å². The van der Waals surface area contributed by atoms with E-state index in [1.165, 1.54) is 11.3 Å². The number of pyridine rings is 1. The Morgan fingerprint density at radius 2 is 1.92 bits per heavy atom. The van der Waals surface area contributed by atoms with Crippen molar-refractivity contribution in [3.8, 4) is 17.0 Å². The number of unbranched alkanes of at least 4 members (excludes halogenated alkanes) is 1. The monoisotopic (exact) mass is 353 g/mol. The molecule has 0 unspecified atom stereocenters. The maximum atomic E-state index is 12.1. The van der Waals surface area contributed by atoms with Crippen LogP contribution in [0.25, 0.3) is 11.3 Å². The first kappa shape index (κ1) is 17.1. The fraction of sp³-hybridized carbons (Fsp3) is 0.211. The van der Waals surface area contributed by atoms with Crippen molar-refractivity contribution >= 4 is 22.4 Å². The molecule has 0 spiro atoms. The summed E-state index contributed by atoms with van der Waals surface area (Å²) in [4.78, 5) is 20.5. The number of aromatic nitrogens is 2. The van der Waals surface area contributed by atoms with Gasteiger partial charge in [-0.1, -0.05) is 13.3 Å². The molecule has 0 fully saturated rings. The smallest absolute Gasteiger partial charge is 0.257 e. The summed E-state index contributed by atoms with van der Waals surface area (Å²) in [5.41, 5.74) is 2.37. The molecule has 0 saturated heterocycles. The number of carbonyl (C=O) groups is 1. The third-order valence-electron chi connectivity index (χ3n) is 3.58. The van der Waals surface area contributed by atoms with Crippen LogP contribution < -0.4 is 10.1 Å². The van der Waals surface area contributed by atoms with Gasteiger partial charge in [-0.05, 0) is 42.8 Å². The molecule has 2 heterocycles. The molecule has 3 aromatic rings. The van der Waals surface area contributed by atoms with Gasteiger partial charge < -0.3 is 4.74 Å². The number of nitrogens with zero attached hydrogens (tertiary/aromatic N) is 2. The molecule has 0 radical (unpaired) electrons. The van der Waals surface area contributed by atoms with Gasteiger partial charge in [0.1, 0.15) is 5.75 Å². The summed E-state index contributed by atoms with van der Waals surface area (Å²) in [5.74, 6) is 0.668. The normalized spacial score (nSPS) is 10.4. The number of nitrogens with one attached hydrogen (secondary N) is 1. The number of hydrogen-bond acceptors (Lipinski definition) is 5. The molecule has 25 heavy (non-hydrogen) atoms. The molecule has 1 aromatic carbocycles. The number of anilines is 1. The molecule has 2 aromatic heterocycles. The molecule has 0 saturated carbocycles. The second kappa shape index (κ2) is 8.39. The molecule has 128 valence electrons. The first-order valence-corrected chi connectivity index (χ1v) is 9.04. The highest BCUT2D eigenvalue weighted by molar-refractivity contribution is 7.14. The Morgan fingerprint density at radius 1 is 1.16 bits per heavy atom. The van der Waals surface area contributed by atoms with E-state index in [1.54, 1.807) is 24.5 Å². The summed E-state index contributed by atoms with van der Waals surface area (Å²) >= 11 is 1.40. The van der Waals surface area contributed by atoms with Crippen molar-refractivity contribution in [2.75, 3.05) is 11.9 Å². The fourth-order valence-corrected chi connectivity index (χ4v) is 2.91. The standard InChI is InChI=1S/C19H19N3O2S/c1-2-3-12-24-16-6-4-14(5-7-16)17-13-25-19(21-17)22-18(23)15-8-10-20-11-9-15/h4-11,13H,2-3,12H2,1H3,(H,21,22,23). The zero-order chi connectivity index (χ0) is 17.5. The summed E-state index contributed by atoms with van der Waals surface area (Å²) < 4.78 is 5.66. The summed E-state index contributed by atoms with van der Waals surface area (Å²) in [5, 5.41) is 5.31. The first-order chi connectivity index (χ1) is 12.3. The largest absolute Gasteiger partial charge is 0.494 e. The molecule has 6 heteroatoms. The Bertz CT molecular complexity index is 816. The molecule has 0 bridgehead atoms. The van der Waals surface area contributed by atoms with Crippen LogP contribution in [-0.2, 0) is 0 Å². The van der Waals surface area contributed by atoms with Gasteiger partial charge in [-0.25, -0.2) is 4.98 Å². The third kappa shape index (κ3) is 4.64. The molecule has 0 aliphatic carbocycles. The summed E-state index contributed by atoms with van der Waals surface area (Å²) in [6.45, 7) is 2.87. The van der Waals surface area contributed by atoms with Crippen LogP contribution in [0.1, 0.15) is 30.1 Å². The van der Waals surface area contributed by atoms with Gasteiger partial charge in [0.05, 0.1) is 12.3 Å². The highest BCUT2D eigenvalue weighted by Gasteiger charge is 2.10. The van der Waals surface area contributed by atoms with Gasteiger partial charge in [0.25, 0.3) is 5.91 Å². The molecule has 5 nitrogen and oxygen atoms in total. The van der Waals surface area contributed by atoms with E-state index in [9.17, 15) is 4.79 Å². The van der Waals surface area contributed by atoms with Crippen LogP contribution in [-0.4, -0.2) is 22.5 Å². The summed E-state index contributed by atoms with van der Waals surface area (Å²) in [7, 11) is 0. The third-order valence-corrected chi connectivity index (χ3v) is 4.34. The number of carbonyl (C=O) groups excluding carboxylic acids is 1. The van der Waals surface area contributed by atoms with E-state index >= 15 is 0 Å². The lowest BCUT2D eigenvalue weighted by atomic mass is 10.2. The lowest BCUT2D eigenvalue weighted by Crippen LogP contribution is -2.11. The predicted octanol–water partition coefficient (Wildman–Crippen LogP) is 4.64. The number of benzene rings is 1. The highest BCUT2D eigenvalue weighted by atomic mass is 32.1. The van der Waals surface area contributed by atoms with Gasteiger partial charge in [-0.2, -0.15) is 0 Å². The zero-order valence-electron chi connectivity index (χ0n) is 13.9. The van der Waals surface area contributed by atoms with Crippen LogP contribution in [0.5, 0.6) is 5.75 Å². The molecule has 0 aliphatic heterocycles. The predicted molar refractivity (Wildman–Crippen MR) is 100 cm³/mol. The van der Waals surface area contributed by atoms with Gasteiger partial charge in [-0.15, -0.1) is 11.3 Å². The van der Waals surface area contributed by atoms with E-state index in [4.69, 9.17) is 4.74 Å². The minimum Gasteiger partial charge on any atom is -0.494 e. The zero-order valence-corrected chi connectivity index (χ0v) is 14.8. The van der Waals surface area contributed by atoms with Gasteiger partial charge in [0.15, 0.2) is 5.13 Å². The van der Waals surface area contributed by atoms with Gasteiger partial charge in [0.2, 0.25) is 0 Å². The number of hydrogen-bond donors (Lipinski definition) is 1. The van der Waals surface area contributed by atoms with Crippen LogP contribution >= 0.6 is 11.3 Å². The maximum Gasteiger partial charge on any atom is 0.257 e. The Balaban J connectivity index is 1.64. The molecular formula is C19H19N3O2S. The van der Waals surface area contributed by atoms with E-state index < -0.39 is 0 Å². The van der Waals surface area contributed by atoms with Crippen LogP contribution in [0.4, 0.5) is 5.13 Å². The highest BCUT2D eigenvalue weighted by Crippen LogP contribution is 2.26. The van der Waals surface area contributed by atoms with Crippen molar-refractivity contribution in [2.24, 2.45) is 0 Å². The van der Waals surface area contributed by atoms with E-state index in [1.807, 2.05) is 29.6 Å². The Hall–Kier alpha value is -2.73. The van der Waals surface area contributed by atoms with Crippen molar-refractivity contribution < 1.29 is 9.53 Å². The van der Waals surface area contributed by atoms with Crippen LogP contribution in [0, 0.1) is 0 Å². The minimum absolute atomic E-state index is 0.192. The summed E-state index contributed by atoms with van der Waals surface area (Å²) in [6.07, 6.45) is 5.35. The lowest BCUT2D eigenvalue weighted by molar-refractivity contribution is 0.102. The summed E-state index contributed by atoms with van der Waals surface area (Å²) in [6, 6.07) is 11.2. The van der Waals surface area contributed by atoms with Crippen LogP contribution in [0.3, 0.4) is 0 Å². The average molecular weight is 353 g/mol. The van der Waals surface area contributed by atoms with Crippen molar-refractivity contribution in [1.29, 1.82) is 0 Å². The topological polar surface area (TPSA) is 64.1 Å². The van der Waals surface area contributed by atoms with Gasteiger partial charge in [-0.3, -0.25) is 15.1 Å². The second-order valence-corrected chi connectivity index (χ2v) is 6.31. The Labute approximate surface area is 150 Å². The van der Waals surface area contributed by atoms with Crippen molar-refractivity contribution in [1.82, 2.24) is 9.97 Å². The van der Waals surface area contributed by atoms with Gasteiger partial charge >= 0.3 is 0 Å². The van der Waals surface area contributed by atoms with Crippen molar-refractivity contribution in [3.05, 3.63) is 59.7 Å². The van der Waals surface area contributed by atoms with Crippen molar-refractivity contribution in [2.45, 2.75) is 19.8 Å². The van der Waals surface area contributed by atoms with Crippen LogP contribution in [0.15, 0.2) is 54.2 Å². The lowest BCUT2D eigenvalue weighted by Gasteiger charge is -2.05. The molecule has 1 amide bonds. The first-order valence-electron chi connectivity index (χ1n) is 8.16. The van der Waals surface area contributed by atoms with Gasteiger partial charge in [0, 0.05) is 28.9 Å². The number of rotatable bonds is 7. The SMILES string of the molecule is CCCCOc1ccc(-c2csc(NC(=O)c3ccncc3)n2)cc1. The van der Waals surface area contributed by atoms with E-state index in [0.717, 1.165) is 36.5 Å². The van der Waals surface area contributed by atoms with E-state index in [0.29, 0.717) is 10.7 Å². The molecule has 3 rings (SSSR count). The Kier molecular flexibility index (Phi) is 5.74. The maximum absolute atomic E-state index is 12.1. The molecular weight excluding hydrogens is 334 g/mol. The molecule has 0 atom stereocenters. The second-order valence-electron chi connectivity index (χ2n) is 5.45. The fourth-order valence-electron chi connectivity index (χ4n) is 2.19. The van der Waals surface area contributed by atoms with E-state index in [-0.39, 0.29) is 5.91 Å². The number of ether oxygens (including phenoxy) is 1. The molecule has 0 aliphatic rings.